The van der Waals surface area contributed by atoms with E-state index in [-0.39, 0.29) is 0 Å². The fourth-order valence-corrected chi connectivity index (χ4v) is 1.58. The van der Waals surface area contributed by atoms with Gasteiger partial charge in [0.15, 0.2) is 0 Å². The lowest BCUT2D eigenvalue weighted by Gasteiger charge is -2.14. The lowest BCUT2D eigenvalue weighted by molar-refractivity contribution is 0.550. The van der Waals surface area contributed by atoms with Crippen molar-refractivity contribution in [1.29, 1.82) is 0 Å². The van der Waals surface area contributed by atoms with Gasteiger partial charge in [0.1, 0.15) is 0 Å². The lowest BCUT2D eigenvalue weighted by Crippen LogP contribution is -1.99. The van der Waals surface area contributed by atoms with Crippen LogP contribution in [0, 0.1) is 5.92 Å². The molecule has 0 nitrogen and oxygen atoms in total. The maximum absolute atomic E-state index is 3.89. The molecule has 1 aromatic rings. The second-order valence-electron chi connectivity index (χ2n) is 3.88. The standard InChI is InChI=1S/C13H18/c1-4-12(10-11(2)3)13-8-6-5-7-9-13/h4-9,11-12H,1,10H2,2-3H3/t12-/m0/s1. The SMILES string of the molecule is C=C[C@@H](CC(C)C)c1ccccc1. The molecule has 0 amide bonds. The van der Waals surface area contributed by atoms with Gasteiger partial charge in [-0.25, -0.2) is 0 Å². The molecule has 0 heteroatoms. The van der Waals surface area contributed by atoms with Crippen molar-refractivity contribution in [3.05, 3.63) is 48.6 Å². The molecule has 0 heterocycles. The molecule has 0 fully saturated rings. The molecule has 0 aliphatic heterocycles. The summed E-state index contributed by atoms with van der Waals surface area (Å²) < 4.78 is 0. The molecule has 1 rings (SSSR count). The zero-order valence-corrected chi connectivity index (χ0v) is 8.53. The van der Waals surface area contributed by atoms with E-state index in [4.69, 9.17) is 0 Å². The van der Waals surface area contributed by atoms with Gasteiger partial charge >= 0.3 is 0 Å². The average molecular weight is 174 g/mol. The van der Waals surface area contributed by atoms with Crippen LogP contribution in [-0.2, 0) is 0 Å². The predicted octanol–water partition coefficient (Wildman–Crippen LogP) is 4.00. The molecule has 0 bridgehead atoms. The highest BCUT2D eigenvalue weighted by Crippen LogP contribution is 2.24. The molecule has 0 saturated heterocycles. The summed E-state index contributed by atoms with van der Waals surface area (Å²) in [4.78, 5) is 0. The monoisotopic (exact) mass is 174 g/mol. The van der Waals surface area contributed by atoms with Crippen molar-refractivity contribution in [3.63, 3.8) is 0 Å². The van der Waals surface area contributed by atoms with Crippen molar-refractivity contribution in [1.82, 2.24) is 0 Å². The van der Waals surface area contributed by atoms with Gasteiger partial charge in [0.25, 0.3) is 0 Å². The average Bonchev–Trinajstić information content (AvgIpc) is 2.15. The second kappa shape index (κ2) is 4.86. The maximum Gasteiger partial charge on any atom is 0.00177 e. The normalized spacial score (nSPS) is 12.8. The topological polar surface area (TPSA) is 0 Å². The molecule has 0 radical (unpaired) electrons. The first-order valence-electron chi connectivity index (χ1n) is 4.91. The van der Waals surface area contributed by atoms with Crippen molar-refractivity contribution in [3.8, 4) is 0 Å². The summed E-state index contributed by atoms with van der Waals surface area (Å²) >= 11 is 0. The number of rotatable bonds is 4. The van der Waals surface area contributed by atoms with E-state index in [1.54, 1.807) is 0 Å². The van der Waals surface area contributed by atoms with Crippen LogP contribution in [0.2, 0.25) is 0 Å². The van der Waals surface area contributed by atoms with E-state index in [0.717, 1.165) is 5.92 Å². The minimum atomic E-state index is 0.515. The van der Waals surface area contributed by atoms with Gasteiger partial charge in [0.2, 0.25) is 0 Å². The molecular weight excluding hydrogens is 156 g/mol. The van der Waals surface area contributed by atoms with Crippen LogP contribution in [0.5, 0.6) is 0 Å². The Hall–Kier alpha value is -1.04. The summed E-state index contributed by atoms with van der Waals surface area (Å²) in [6, 6.07) is 10.6. The highest BCUT2D eigenvalue weighted by atomic mass is 14.1. The van der Waals surface area contributed by atoms with Crippen molar-refractivity contribution in [2.24, 2.45) is 5.92 Å². The van der Waals surface area contributed by atoms with Crippen LogP contribution in [0.3, 0.4) is 0 Å². The van der Waals surface area contributed by atoms with Gasteiger partial charge in [-0.05, 0) is 17.9 Å². The van der Waals surface area contributed by atoms with Gasteiger partial charge in [-0.3, -0.25) is 0 Å². The Morgan fingerprint density at radius 3 is 2.31 bits per heavy atom. The quantitative estimate of drug-likeness (QED) is 0.605. The fourth-order valence-electron chi connectivity index (χ4n) is 1.58. The number of hydrogen-bond donors (Lipinski definition) is 0. The van der Waals surface area contributed by atoms with Crippen LogP contribution in [0.1, 0.15) is 31.7 Å². The third kappa shape index (κ3) is 3.06. The highest BCUT2D eigenvalue weighted by molar-refractivity contribution is 5.22. The second-order valence-corrected chi connectivity index (χ2v) is 3.88. The van der Waals surface area contributed by atoms with Gasteiger partial charge in [-0.2, -0.15) is 0 Å². The van der Waals surface area contributed by atoms with Gasteiger partial charge in [-0.1, -0.05) is 50.3 Å². The van der Waals surface area contributed by atoms with Crippen molar-refractivity contribution < 1.29 is 0 Å². The smallest absolute Gasteiger partial charge is 0.00177 e. The Morgan fingerprint density at radius 2 is 1.85 bits per heavy atom. The molecular formula is C13H18. The van der Waals surface area contributed by atoms with Gasteiger partial charge in [0.05, 0.1) is 0 Å². The Balaban J connectivity index is 2.73. The van der Waals surface area contributed by atoms with Crippen LogP contribution in [0.4, 0.5) is 0 Å². The first-order chi connectivity index (χ1) is 6.24. The van der Waals surface area contributed by atoms with E-state index in [1.807, 2.05) is 0 Å². The third-order valence-corrected chi connectivity index (χ3v) is 2.24. The summed E-state index contributed by atoms with van der Waals surface area (Å²) in [5.74, 6) is 1.24. The molecule has 0 spiro atoms. The minimum Gasteiger partial charge on any atom is -0.102 e. The molecule has 13 heavy (non-hydrogen) atoms. The highest BCUT2D eigenvalue weighted by Gasteiger charge is 2.08. The number of benzene rings is 1. The third-order valence-electron chi connectivity index (χ3n) is 2.24. The Morgan fingerprint density at radius 1 is 1.23 bits per heavy atom. The fraction of sp³-hybridized carbons (Fsp3) is 0.385. The molecule has 0 aromatic heterocycles. The van der Waals surface area contributed by atoms with E-state index in [1.165, 1.54) is 12.0 Å². The lowest BCUT2D eigenvalue weighted by atomic mass is 9.91. The summed E-state index contributed by atoms with van der Waals surface area (Å²) in [6.07, 6.45) is 3.24. The Kier molecular flexibility index (Phi) is 3.75. The van der Waals surface area contributed by atoms with Crippen LogP contribution in [0.15, 0.2) is 43.0 Å². The molecule has 1 atom stereocenters. The molecule has 0 saturated carbocycles. The molecule has 0 aliphatic carbocycles. The minimum absolute atomic E-state index is 0.515. The van der Waals surface area contributed by atoms with E-state index >= 15 is 0 Å². The van der Waals surface area contributed by atoms with Crippen LogP contribution < -0.4 is 0 Å². The predicted molar refractivity (Wildman–Crippen MR) is 58.8 cm³/mol. The zero-order chi connectivity index (χ0) is 9.68. The van der Waals surface area contributed by atoms with Crippen molar-refractivity contribution in [2.75, 3.05) is 0 Å². The van der Waals surface area contributed by atoms with E-state index < -0.39 is 0 Å². The van der Waals surface area contributed by atoms with Crippen LogP contribution >= 0.6 is 0 Å². The zero-order valence-electron chi connectivity index (χ0n) is 8.53. The Bertz CT molecular complexity index is 246. The molecule has 70 valence electrons. The van der Waals surface area contributed by atoms with Gasteiger partial charge < -0.3 is 0 Å². The summed E-state index contributed by atoms with van der Waals surface area (Å²) in [5, 5.41) is 0. The number of hydrogen-bond acceptors (Lipinski definition) is 0. The molecule has 1 aromatic carbocycles. The van der Waals surface area contributed by atoms with Gasteiger partial charge in [-0.15, -0.1) is 6.58 Å². The number of allylic oxidation sites excluding steroid dienone is 1. The first kappa shape index (κ1) is 10.0. The molecule has 0 aliphatic rings. The van der Waals surface area contributed by atoms with E-state index in [0.29, 0.717) is 5.92 Å². The van der Waals surface area contributed by atoms with Crippen molar-refractivity contribution in [2.45, 2.75) is 26.2 Å². The summed E-state index contributed by atoms with van der Waals surface area (Å²) in [5.41, 5.74) is 1.38. The maximum atomic E-state index is 3.89. The largest absolute Gasteiger partial charge is 0.102 e. The Labute approximate surface area is 81.3 Å². The van der Waals surface area contributed by atoms with Crippen LogP contribution in [0.25, 0.3) is 0 Å². The van der Waals surface area contributed by atoms with E-state index in [9.17, 15) is 0 Å². The summed E-state index contributed by atoms with van der Waals surface area (Å²) in [6.45, 7) is 8.39. The molecule has 0 N–H and O–H groups in total. The summed E-state index contributed by atoms with van der Waals surface area (Å²) in [7, 11) is 0. The van der Waals surface area contributed by atoms with Gasteiger partial charge in [0, 0.05) is 5.92 Å². The van der Waals surface area contributed by atoms with E-state index in [2.05, 4.69) is 56.8 Å². The first-order valence-corrected chi connectivity index (χ1v) is 4.91. The molecule has 0 unspecified atom stereocenters. The van der Waals surface area contributed by atoms with Crippen molar-refractivity contribution >= 4 is 0 Å². The van der Waals surface area contributed by atoms with Crippen LogP contribution in [-0.4, -0.2) is 0 Å².